The molecule has 0 radical (unpaired) electrons. The Bertz CT molecular complexity index is 1960. The lowest BCUT2D eigenvalue weighted by Gasteiger charge is -2.37. The molecule has 0 fully saturated rings. The zero-order valence-electron chi connectivity index (χ0n) is 25.9. The number of anilines is 1. The second-order valence-corrected chi connectivity index (χ2v) is 14.4. The first-order valence-corrected chi connectivity index (χ1v) is 16.3. The average molecular weight is 558 g/mol. The van der Waals surface area contributed by atoms with Crippen LogP contribution in [0.5, 0.6) is 0 Å². The smallest absolute Gasteiger partial charge is 0.0431 e. The van der Waals surface area contributed by atoms with Crippen molar-refractivity contribution >= 4 is 5.69 Å². The van der Waals surface area contributed by atoms with Crippen LogP contribution in [-0.2, 0) is 23.7 Å². The van der Waals surface area contributed by atoms with E-state index in [0.717, 1.165) is 0 Å². The highest BCUT2D eigenvalue weighted by molar-refractivity contribution is 5.88. The van der Waals surface area contributed by atoms with E-state index in [9.17, 15) is 0 Å². The molecule has 9 rings (SSSR count). The van der Waals surface area contributed by atoms with Crippen molar-refractivity contribution in [3.05, 3.63) is 124 Å². The van der Waals surface area contributed by atoms with Crippen molar-refractivity contribution in [2.45, 2.75) is 64.2 Å². The van der Waals surface area contributed by atoms with Gasteiger partial charge < -0.3 is 4.90 Å². The van der Waals surface area contributed by atoms with E-state index in [1.54, 1.807) is 16.8 Å². The molecule has 1 heteroatoms. The highest BCUT2D eigenvalue weighted by Gasteiger charge is 2.37. The first-order chi connectivity index (χ1) is 20.8. The Hall–Kier alpha value is -4.10. The molecule has 0 atom stereocenters. The van der Waals surface area contributed by atoms with Gasteiger partial charge in [-0.1, -0.05) is 88.4 Å². The van der Waals surface area contributed by atoms with E-state index in [4.69, 9.17) is 0 Å². The maximum Gasteiger partial charge on any atom is 0.0431 e. The lowest BCUT2D eigenvalue weighted by molar-refractivity contribution is 0.634. The van der Waals surface area contributed by atoms with Crippen molar-refractivity contribution < 1.29 is 0 Å². The third-order valence-corrected chi connectivity index (χ3v) is 11.3. The molecule has 2 aliphatic heterocycles. The number of aryl methyl sites for hydroxylation is 2. The molecule has 43 heavy (non-hydrogen) atoms. The Labute approximate surface area is 256 Å². The van der Waals surface area contributed by atoms with E-state index < -0.39 is 0 Å². The first kappa shape index (κ1) is 25.4. The van der Waals surface area contributed by atoms with Crippen molar-refractivity contribution in [1.82, 2.24) is 0 Å². The SMILES string of the molecule is CC1(C)c2ccccc2-c2ccc(-c3ccc4c(c3)C(C)(C)c3cc(-c5cc6c7c(c5)CCCN7CCC6)ccc3-4)cc21. The van der Waals surface area contributed by atoms with Gasteiger partial charge in [0.2, 0.25) is 0 Å². The lowest BCUT2D eigenvalue weighted by Crippen LogP contribution is -2.34. The monoisotopic (exact) mass is 557 g/mol. The number of fused-ring (bicyclic) bond motifs is 6. The van der Waals surface area contributed by atoms with E-state index in [2.05, 4.69) is 124 Å². The van der Waals surface area contributed by atoms with Crippen LogP contribution in [0.1, 0.15) is 73.9 Å². The van der Waals surface area contributed by atoms with Crippen LogP contribution >= 0.6 is 0 Å². The second kappa shape index (κ2) is 8.73. The largest absolute Gasteiger partial charge is 0.371 e. The van der Waals surface area contributed by atoms with Crippen LogP contribution in [-0.4, -0.2) is 13.1 Å². The predicted octanol–water partition coefficient (Wildman–Crippen LogP) is 10.3. The normalized spacial score (nSPS) is 18.0. The fourth-order valence-corrected chi connectivity index (χ4v) is 8.95. The topological polar surface area (TPSA) is 3.24 Å². The Kier molecular flexibility index (Phi) is 5.16. The fourth-order valence-electron chi connectivity index (χ4n) is 8.95. The van der Waals surface area contributed by atoms with Gasteiger partial charge in [-0.15, -0.1) is 0 Å². The Morgan fingerprint density at radius 2 is 0.907 bits per heavy atom. The standard InChI is InChI=1S/C42H39N/c1-41(2)36-12-6-5-11-32(36)33-16-13-26(23-37(33)41)27-14-17-34-35-18-15-28(25-39(35)42(3,4)38(34)24-27)31-21-29-9-7-19-43-20-8-10-30(22-31)40(29)43/h5-6,11-18,21-25H,7-10,19-20H2,1-4H3. The van der Waals surface area contributed by atoms with Gasteiger partial charge in [-0.3, -0.25) is 0 Å². The van der Waals surface area contributed by atoms with Crippen LogP contribution in [0.4, 0.5) is 5.69 Å². The third kappa shape index (κ3) is 3.51. The molecule has 1 nitrogen and oxygen atoms in total. The maximum atomic E-state index is 2.64. The van der Waals surface area contributed by atoms with Crippen molar-refractivity contribution in [3.8, 4) is 44.5 Å². The zero-order chi connectivity index (χ0) is 29.1. The molecule has 0 saturated heterocycles. The van der Waals surface area contributed by atoms with E-state index in [1.807, 2.05) is 0 Å². The summed E-state index contributed by atoms with van der Waals surface area (Å²) in [6.07, 6.45) is 4.98. The lowest BCUT2D eigenvalue weighted by atomic mass is 9.79. The molecule has 0 aromatic heterocycles. The summed E-state index contributed by atoms with van der Waals surface area (Å²) in [5, 5.41) is 0. The predicted molar refractivity (Wildman–Crippen MR) is 181 cm³/mol. The summed E-state index contributed by atoms with van der Waals surface area (Å²) in [4.78, 5) is 2.64. The summed E-state index contributed by atoms with van der Waals surface area (Å²) < 4.78 is 0. The molecule has 5 aromatic carbocycles. The van der Waals surface area contributed by atoms with Crippen LogP contribution in [0, 0.1) is 0 Å². The van der Waals surface area contributed by atoms with Gasteiger partial charge in [-0.25, -0.2) is 0 Å². The minimum atomic E-state index is -0.0534. The zero-order valence-corrected chi connectivity index (χ0v) is 25.9. The van der Waals surface area contributed by atoms with Crippen molar-refractivity contribution in [2.75, 3.05) is 18.0 Å². The van der Waals surface area contributed by atoms with Crippen molar-refractivity contribution in [2.24, 2.45) is 0 Å². The van der Waals surface area contributed by atoms with Crippen LogP contribution in [0.25, 0.3) is 44.5 Å². The first-order valence-electron chi connectivity index (χ1n) is 16.3. The van der Waals surface area contributed by atoms with E-state index in [0.29, 0.717) is 0 Å². The summed E-state index contributed by atoms with van der Waals surface area (Å²) in [6.45, 7) is 12.0. The summed E-state index contributed by atoms with van der Waals surface area (Å²) in [5.41, 5.74) is 21.3. The Morgan fingerprint density at radius 3 is 1.44 bits per heavy atom. The van der Waals surface area contributed by atoms with Gasteiger partial charge in [0, 0.05) is 29.6 Å². The number of rotatable bonds is 2. The highest BCUT2D eigenvalue weighted by Crippen LogP contribution is 2.53. The molecule has 0 spiro atoms. The van der Waals surface area contributed by atoms with E-state index in [1.165, 1.54) is 106 Å². The summed E-state index contributed by atoms with van der Waals surface area (Å²) >= 11 is 0. The van der Waals surface area contributed by atoms with Gasteiger partial charge in [-0.05, 0) is 134 Å². The molecule has 5 aromatic rings. The van der Waals surface area contributed by atoms with Crippen LogP contribution in [0.15, 0.2) is 91.0 Å². The van der Waals surface area contributed by atoms with Gasteiger partial charge >= 0.3 is 0 Å². The van der Waals surface area contributed by atoms with Crippen LogP contribution < -0.4 is 4.90 Å². The molecule has 4 aliphatic rings. The molecule has 2 heterocycles. The minimum absolute atomic E-state index is 0.0119. The van der Waals surface area contributed by atoms with Gasteiger partial charge in [0.15, 0.2) is 0 Å². The van der Waals surface area contributed by atoms with Crippen LogP contribution in [0.3, 0.4) is 0 Å². The molecule has 0 unspecified atom stereocenters. The fraction of sp³-hybridized carbons (Fsp3) is 0.286. The maximum absolute atomic E-state index is 2.64. The van der Waals surface area contributed by atoms with Gasteiger partial charge in [-0.2, -0.15) is 0 Å². The Balaban J connectivity index is 1.10. The highest BCUT2D eigenvalue weighted by atomic mass is 15.1. The molecular weight excluding hydrogens is 518 g/mol. The van der Waals surface area contributed by atoms with Gasteiger partial charge in [0.05, 0.1) is 0 Å². The number of benzene rings is 5. The van der Waals surface area contributed by atoms with Gasteiger partial charge in [0.25, 0.3) is 0 Å². The minimum Gasteiger partial charge on any atom is -0.371 e. The number of hydrogen-bond donors (Lipinski definition) is 0. The molecule has 212 valence electrons. The average Bonchev–Trinajstić information content (AvgIpc) is 3.40. The number of hydrogen-bond acceptors (Lipinski definition) is 1. The summed E-state index contributed by atoms with van der Waals surface area (Å²) in [7, 11) is 0. The van der Waals surface area contributed by atoms with Gasteiger partial charge in [0.1, 0.15) is 0 Å². The van der Waals surface area contributed by atoms with Crippen LogP contribution in [0.2, 0.25) is 0 Å². The third-order valence-electron chi connectivity index (χ3n) is 11.3. The Morgan fingerprint density at radius 1 is 0.465 bits per heavy atom. The molecule has 0 bridgehead atoms. The molecule has 2 aliphatic carbocycles. The van der Waals surface area contributed by atoms with Crippen molar-refractivity contribution in [3.63, 3.8) is 0 Å². The van der Waals surface area contributed by atoms with Crippen molar-refractivity contribution in [1.29, 1.82) is 0 Å². The van der Waals surface area contributed by atoms with E-state index >= 15 is 0 Å². The molecule has 0 saturated carbocycles. The molecule has 0 amide bonds. The van der Waals surface area contributed by atoms with E-state index in [-0.39, 0.29) is 10.8 Å². The quantitative estimate of drug-likeness (QED) is 0.209. The molecule has 0 N–H and O–H groups in total. The number of nitrogens with zero attached hydrogens (tertiary/aromatic N) is 1. The summed E-state index contributed by atoms with van der Waals surface area (Å²) in [5.74, 6) is 0. The molecular formula is C42H39N. The summed E-state index contributed by atoms with van der Waals surface area (Å²) in [6, 6.07) is 35.5. The second-order valence-electron chi connectivity index (χ2n) is 14.4.